The van der Waals surface area contributed by atoms with Crippen LogP contribution in [0.4, 0.5) is 0 Å². The van der Waals surface area contributed by atoms with Gasteiger partial charge in [0.15, 0.2) is 0 Å². The molecule has 0 fully saturated rings. The van der Waals surface area contributed by atoms with Gasteiger partial charge in [0.25, 0.3) is 0 Å². The molecule has 0 atom stereocenters. The number of fused-ring (bicyclic) bond motifs is 12. The Morgan fingerprint density at radius 3 is 1.43 bits per heavy atom. The maximum atomic E-state index is 2.50. The SMILES string of the molecule is c1ccc2c(c1)sc1ccc(-c3c4ccccc4c(-c4cc5c6ccccc6sc5c5c4sc4ccccc45)c4ccccc34)cc12. The first-order valence-corrected chi connectivity index (χ1v) is 18.4. The minimum atomic E-state index is 1.27. The summed E-state index contributed by atoms with van der Waals surface area (Å²) in [5.74, 6) is 0. The molecular weight excluding hydrogens is 625 g/mol. The standard InChI is InChI=1S/C44H24S3/c1-3-15-30-28(13-1)40(25-21-22-39-33(23-25)26-11-5-8-18-36(26)45-39)29-14-2-4-16-31(29)41(30)35-24-34-27-12-6-9-19-37(27)46-43(34)42-32-17-7-10-20-38(32)47-44(35)42/h1-24H. The van der Waals surface area contributed by atoms with E-state index in [1.165, 1.54) is 104 Å². The van der Waals surface area contributed by atoms with E-state index in [1.807, 2.05) is 34.0 Å². The fourth-order valence-corrected chi connectivity index (χ4v) is 11.5. The van der Waals surface area contributed by atoms with Gasteiger partial charge >= 0.3 is 0 Å². The fraction of sp³-hybridized carbons (Fsp3) is 0. The molecule has 0 saturated heterocycles. The quantitative estimate of drug-likeness (QED) is 0.164. The van der Waals surface area contributed by atoms with Crippen molar-refractivity contribution in [1.29, 1.82) is 0 Å². The second kappa shape index (κ2) is 9.73. The van der Waals surface area contributed by atoms with Crippen LogP contribution in [0.5, 0.6) is 0 Å². The summed E-state index contributed by atoms with van der Waals surface area (Å²) in [5, 5.41) is 13.3. The van der Waals surface area contributed by atoms with E-state index in [2.05, 4.69) is 146 Å². The molecule has 8 aromatic carbocycles. The van der Waals surface area contributed by atoms with Gasteiger partial charge in [0.05, 0.1) is 0 Å². The summed E-state index contributed by atoms with van der Waals surface area (Å²) in [6.45, 7) is 0. The van der Waals surface area contributed by atoms with E-state index in [4.69, 9.17) is 0 Å². The molecule has 0 nitrogen and oxygen atoms in total. The van der Waals surface area contributed by atoms with Crippen molar-refractivity contribution in [2.75, 3.05) is 0 Å². The van der Waals surface area contributed by atoms with E-state index in [0.717, 1.165) is 0 Å². The molecule has 11 rings (SSSR count). The van der Waals surface area contributed by atoms with E-state index in [1.54, 1.807) is 0 Å². The second-order valence-corrected chi connectivity index (χ2v) is 15.5. The lowest BCUT2D eigenvalue weighted by Crippen LogP contribution is -1.91. The number of benzene rings is 8. The number of rotatable bonds is 2. The van der Waals surface area contributed by atoms with Crippen LogP contribution in [0.3, 0.4) is 0 Å². The fourth-order valence-electron chi connectivity index (χ4n) is 7.86. The van der Waals surface area contributed by atoms with Crippen LogP contribution in [-0.4, -0.2) is 0 Å². The zero-order valence-electron chi connectivity index (χ0n) is 25.1. The maximum Gasteiger partial charge on any atom is 0.0449 e. The van der Waals surface area contributed by atoms with E-state index < -0.39 is 0 Å². The van der Waals surface area contributed by atoms with E-state index >= 15 is 0 Å². The van der Waals surface area contributed by atoms with E-state index in [0.29, 0.717) is 0 Å². The third-order valence-corrected chi connectivity index (χ3v) is 13.4. The Morgan fingerprint density at radius 2 is 0.766 bits per heavy atom. The van der Waals surface area contributed by atoms with Crippen LogP contribution in [0, 0.1) is 0 Å². The first-order valence-electron chi connectivity index (χ1n) is 15.9. The number of hydrogen-bond acceptors (Lipinski definition) is 3. The first kappa shape index (κ1) is 26.1. The Labute approximate surface area is 282 Å². The highest BCUT2D eigenvalue weighted by Crippen LogP contribution is 2.52. The van der Waals surface area contributed by atoms with Crippen molar-refractivity contribution in [1.82, 2.24) is 0 Å². The van der Waals surface area contributed by atoms with Gasteiger partial charge in [-0.15, -0.1) is 34.0 Å². The topological polar surface area (TPSA) is 0 Å². The Balaban J connectivity index is 1.31. The lowest BCUT2D eigenvalue weighted by molar-refractivity contribution is 1.71. The maximum absolute atomic E-state index is 2.50. The van der Waals surface area contributed by atoms with Gasteiger partial charge in [-0.3, -0.25) is 0 Å². The molecule has 3 heteroatoms. The minimum absolute atomic E-state index is 1.27. The van der Waals surface area contributed by atoms with Crippen LogP contribution >= 0.6 is 34.0 Å². The summed E-state index contributed by atoms with van der Waals surface area (Å²) in [4.78, 5) is 0. The predicted octanol–water partition coefficient (Wildman–Crippen LogP) is 14.4. The monoisotopic (exact) mass is 648 g/mol. The lowest BCUT2D eigenvalue weighted by atomic mass is 9.85. The first-order chi connectivity index (χ1) is 23.3. The smallest absolute Gasteiger partial charge is 0.0449 e. The number of thiophene rings is 3. The van der Waals surface area contributed by atoms with E-state index in [-0.39, 0.29) is 0 Å². The minimum Gasteiger partial charge on any atom is -0.135 e. The summed E-state index contributed by atoms with van der Waals surface area (Å²) in [6.07, 6.45) is 0. The zero-order valence-corrected chi connectivity index (χ0v) is 27.5. The van der Waals surface area contributed by atoms with E-state index in [9.17, 15) is 0 Å². The predicted molar refractivity (Wildman–Crippen MR) is 211 cm³/mol. The normalized spacial score (nSPS) is 12.3. The summed E-state index contributed by atoms with van der Waals surface area (Å²) in [5.41, 5.74) is 5.24. The van der Waals surface area contributed by atoms with Gasteiger partial charge < -0.3 is 0 Å². The van der Waals surface area contributed by atoms with Crippen molar-refractivity contribution in [2.45, 2.75) is 0 Å². The molecule has 0 aliphatic heterocycles. The Kier molecular flexibility index (Phi) is 5.39. The molecule has 0 amide bonds. The highest BCUT2D eigenvalue weighted by atomic mass is 32.1. The molecule has 47 heavy (non-hydrogen) atoms. The van der Waals surface area contributed by atoms with Gasteiger partial charge in [-0.05, 0) is 74.6 Å². The molecule has 0 bridgehead atoms. The third kappa shape index (κ3) is 3.62. The van der Waals surface area contributed by atoms with Gasteiger partial charge in [-0.2, -0.15) is 0 Å². The van der Waals surface area contributed by atoms with Gasteiger partial charge in [0.1, 0.15) is 0 Å². The highest BCUT2D eigenvalue weighted by molar-refractivity contribution is 7.30. The molecule has 3 aromatic heterocycles. The van der Waals surface area contributed by atoms with Crippen LogP contribution in [0.15, 0.2) is 146 Å². The molecule has 0 aliphatic carbocycles. The molecule has 0 N–H and O–H groups in total. The summed E-state index contributed by atoms with van der Waals surface area (Å²) in [7, 11) is 0. The summed E-state index contributed by atoms with van der Waals surface area (Å²) in [6, 6.07) is 54.4. The average molecular weight is 649 g/mol. The van der Waals surface area contributed by atoms with Crippen molar-refractivity contribution in [3.63, 3.8) is 0 Å². The highest BCUT2D eigenvalue weighted by Gasteiger charge is 2.22. The Hall–Kier alpha value is -5.06. The molecule has 0 spiro atoms. The van der Waals surface area contributed by atoms with Gasteiger partial charge in [-0.1, -0.05) is 109 Å². The molecule has 0 aliphatic rings. The van der Waals surface area contributed by atoms with Crippen molar-refractivity contribution in [2.24, 2.45) is 0 Å². The Morgan fingerprint density at radius 1 is 0.298 bits per heavy atom. The zero-order chi connectivity index (χ0) is 30.6. The molecule has 0 saturated carbocycles. The molecule has 11 aromatic rings. The molecular formula is C44H24S3. The third-order valence-electron chi connectivity index (χ3n) is 9.86. The largest absolute Gasteiger partial charge is 0.135 e. The van der Waals surface area contributed by atoms with Crippen molar-refractivity contribution in [3.05, 3.63) is 146 Å². The van der Waals surface area contributed by atoms with Crippen molar-refractivity contribution in [3.8, 4) is 22.3 Å². The average Bonchev–Trinajstić information content (AvgIpc) is 3.81. The van der Waals surface area contributed by atoms with Crippen molar-refractivity contribution >= 4 is 116 Å². The molecule has 3 heterocycles. The van der Waals surface area contributed by atoms with Crippen LogP contribution < -0.4 is 0 Å². The van der Waals surface area contributed by atoms with Crippen molar-refractivity contribution < 1.29 is 0 Å². The molecule has 0 unspecified atom stereocenters. The van der Waals surface area contributed by atoms with Gasteiger partial charge in [-0.25, -0.2) is 0 Å². The van der Waals surface area contributed by atoms with Crippen LogP contribution in [-0.2, 0) is 0 Å². The van der Waals surface area contributed by atoms with Gasteiger partial charge in [0, 0.05) is 66.1 Å². The second-order valence-electron chi connectivity index (χ2n) is 12.4. The summed E-state index contributed by atoms with van der Waals surface area (Å²) >= 11 is 5.75. The van der Waals surface area contributed by atoms with Gasteiger partial charge in [0.2, 0.25) is 0 Å². The summed E-state index contributed by atoms with van der Waals surface area (Å²) < 4.78 is 8.13. The lowest BCUT2D eigenvalue weighted by Gasteiger charge is -2.18. The van der Waals surface area contributed by atoms with Crippen LogP contribution in [0.25, 0.3) is 104 Å². The Bertz CT molecular complexity index is 3020. The molecule has 218 valence electrons. The van der Waals surface area contributed by atoms with Crippen LogP contribution in [0.2, 0.25) is 0 Å². The number of hydrogen-bond donors (Lipinski definition) is 0. The van der Waals surface area contributed by atoms with Crippen LogP contribution in [0.1, 0.15) is 0 Å². The molecule has 0 radical (unpaired) electrons.